The molecule has 1 aliphatic rings. The number of halogens is 2. The van der Waals surface area contributed by atoms with Crippen LogP contribution >= 0.6 is 23.4 Å². The third-order valence-electron chi connectivity index (χ3n) is 5.12. The largest absolute Gasteiger partial charge is 0.345 e. The van der Waals surface area contributed by atoms with Crippen molar-refractivity contribution >= 4 is 23.4 Å². The molecule has 3 aromatic rings. The van der Waals surface area contributed by atoms with E-state index in [0.717, 1.165) is 34.1 Å². The highest BCUT2D eigenvalue weighted by Crippen LogP contribution is 2.33. The number of imidazole rings is 1. The van der Waals surface area contributed by atoms with Gasteiger partial charge in [0.15, 0.2) is 5.79 Å². The first-order chi connectivity index (χ1) is 14.6. The molecule has 7 heteroatoms. The molecule has 2 aromatic carbocycles. The second kappa shape index (κ2) is 9.96. The minimum Gasteiger partial charge on any atom is -0.345 e. The van der Waals surface area contributed by atoms with Crippen LogP contribution in [0.2, 0.25) is 5.02 Å². The molecule has 0 saturated carbocycles. The number of hydrogen-bond acceptors (Lipinski definition) is 4. The molecule has 0 N–H and O–H groups in total. The molecule has 4 rings (SSSR count). The third-order valence-corrected chi connectivity index (χ3v) is 6.61. The van der Waals surface area contributed by atoms with Gasteiger partial charge >= 0.3 is 0 Å². The second-order valence-electron chi connectivity index (χ2n) is 7.43. The molecule has 1 fully saturated rings. The van der Waals surface area contributed by atoms with Crippen molar-refractivity contribution in [3.05, 3.63) is 89.2 Å². The zero-order chi connectivity index (χ0) is 20.8. The van der Waals surface area contributed by atoms with E-state index < -0.39 is 5.79 Å². The molecule has 0 bridgehead atoms. The van der Waals surface area contributed by atoms with Crippen LogP contribution < -0.4 is 0 Å². The van der Waals surface area contributed by atoms with Gasteiger partial charge < -0.3 is 14.0 Å². The minimum atomic E-state index is -0.718. The van der Waals surface area contributed by atoms with Crippen molar-refractivity contribution in [1.29, 1.82) is 0 Å². The summed E-state index contributed by atoms with van der Waals surface area (Å²) >= 11 is 8.04. The molecule has 30 heavy (non-hydrogen) atoms. The van der Waals surface area contributed by atoms with E-state index in [2.05, 4.69) is 4.98 Å². The number of ether oxygens (including phenoxy) is 2. The average Bonchev–Trinajstić information content (AvgIpc) is 3.40. The van der Waals surface area contributed by atoms with Gasteiger partial charge in [-0.3, -0.25) is 0 Å². The molecule has 0 spiro atoms. The summed E-state index contributed by atoms with van der Waals surface area (Å²) in [6.45, 7) is 1.12. The third kappa shape index (κ3) is 5.64. The first kappa shape index (κ1) is 21.4. The summed E-state index contributed by atoms with van der Waals surface area (Å²) in [5.74, 6) is 0.720. The van der Waals surface area contributed by atoms with Gasteiger partial charge in [0.2, 0.25) is 0 Å². The molecule has 0 radical (unpaired) electrons. The van der Waals surface area contributed by atoms with E-state index in [0.29, 0.717) is 19.6 Å². The summed E-state index contributed by atoms with van der Waals surface area (Å²) in [6, 6.07) is 14.5. The Kier molecular flexibility index (Phi) is 7.10. The Morgan fingerprint density at radius 1 is 1.20 bits per heavy atom. The normalized spacial score (nSPS) is 21.2. The summed E-state index contributed by atoms with van der Waals surface area (Å²) in [6.07, 6.45) is 6.86. The lowest BCUT2D eigenvalue weighted by molar-refractivity contribution is -0.180. The summed E-state index contributed by atoms with van der Waals surface area (Å²) in [5.41, 5.74) is 2.19. The van der Waals surface area contributed by atoms with Crippen molar-refractivity contribution in [2.24, 2.45) is 0 Å². The van der Waals surface area contributed by atoms with E-state index in [1.807, 2.05) is 47.2 Å². The molecule has 2 atom stereocenters. The molecule has 0 aliphatic carbocycles. The fraction of sp³-hybridized carbons (Fsp3) is 0.348. The van der Waals surface area contributed by atoms with Crippen molar-refractivity contribution in [2.45, 2.75) is 37.0 Å². The lowest BCUT2D eigenvalue weighted by Crippen LogP contribution is -2.37. The summed E-state index contributed by atoms with van der Waals surface area (Å²) in [5, 5.41) is 0.794. The van der Waals surface area contributed by atoms with E-state index in [1.165, 1.54) is 12.1 Å². The zero-order valence-corrected chi connectivity index (χ0v) is 18.1. The van der Waals surface area contributed by atoms with Crippen molar-refractivity contribution < 1.29 is 13.9 Å². The molecule has 2 unspecified atom stereocenters. The number of nitrogens with zero attached hydrogens (tertiary/aromatic N) is 2. The van der Waals surface area contributed by atoms with Crippen LogP contribution in [0.25, 0.3) is 0 Å². The van der Waals surface area contributed by atoms with Crippen LogP contribution in [0.4, 0.5) is 4.39 Å². The molecular weight excluding hydrogens is 423 g/mol. The quantitative estimate of drug-likeness (QED) is 0.443. The lowest BCUT2D eigenvalue weighted by Gasteiger charge is -2.28. The highest BCUT2D eigenvalue weighted by atomic mass is 35.5. The van der Waals surface area contributed by atoms with Gasteiger partial charge in [0, 0.05) is 35.3 Å². The predicted molar refractivity (Wildman–Crippen MR) is 118 cm³/mol. The summed E-state index contributed by atoms with van der Waals surface area (Å²) in [7, 11) is 0. The number of aromatic nitrogens is 2. The van der Waals surface area contributed by atoms with Crippen LogP contribution in [0.5, 0.6) is 0 Å². The predicted octanol–water partition coefficient (Wildman–Crippen LogP) is 5.35. The Labute approximate surface area is 185 Å². The van der Waals surface area contributed by atoms with Crippen LogP contribution in [0, 0.1) is 5.82 Å². The van der Waals surface area contributed by atoms with Gasteiger partial charge in [0.25, 0.3) is 0 Å². The summed E-state index contributed by atoms with van der Waals surface area (Å²) in [4.78, 5) is 4.13. The van der Waals surface area contributed by atoms with Crippen LogP contribution in [-0.2, 0) is 28.2 Å². The highest BCUT2D eigenvalue weighted by Gasteiger charge is 2.41. The molecule has 0 amide bonds. The zero-order valence-electron chi connectivity index (χ0n) is 16.5. The standard InChI is InChI=1S/C23H24ClFN2O2S/c24-22-4-2-1-3-19(22)14-30-15-21-13-28-23(29-21,16-27-12-11-26-17-27)10-9-18-5-7-20(25)8-6-18/h1-8,11-12,17,21H,9-10,13-16H2. The highest BCUT2D eigenvalue weighted by molar-refractivity contribution is 7.98. The SMILES string of the molecule is Fc1ccc(CCC2(Cn3ccnc3)OCC(CSCc3ccccc3Cl)O2)cc1. The molecule has 1 aliphatic heterocycles. The van der Waals surface area contributed by atoms with Gasteiger partial charge in [0.05, 0.1) is 25.6 Å². The van der Waals surface area contributed by atoms with Crippen molar-refractivity contribution in [3.63, 3.8) is 0 Å². The molecule has 2 heterocycles. The van der Waals surface area contributed by atoms with Gasteiger partial charge in [0.1, 0.15) is 5.82 Å². The lowest BCUT2D eigenvalue weighted by atomic mass is 10.0. The fourth-order valence-electron chi connectivity index (χ4n) is 3.55. The second-order valence-corrected chi connectivity index (χ2v) is 8.87. The number of benzene rings is 2. The van der Waals surface area contributed by atoms with Gasteiger partial charge in [-0.1, -0.05) is 41.9 Å². The van der Waals surface area contributed by atoms with Crippen LogP contribution in [0.3, 0.4) is 0 Å². The summed E-state index contributed by atoms with van der Waals surface area (Å²) < 4.78 is 27.8. The van der Waals surface area contributed by atoms with Gasteiger partial charge in [-0.25, -0.2) is 9.37 Å². The number of hydrogen-bond donors (Lipinski definition) is 0. The first-order valence-electron chi connectivity index (χ1n) is 9.95. The molecule has 1 saturated heterocycles. The van der Waals surface area contributed by atoms with Gasteiger partial charge in [-0.05, 0) is 35.7 Å². The maximum absolute atomic E-state index is 13.2. The Morgan fingerprint density at radius 2 is 2.03 bits per heavy atom. The molecule has 158 valence electrons. The van der Waals surface area contributed by atoms with Crippen molar-refractivity contribution in [2.75, 3.05) is 12.4 Å². The van der Waals surface area contributed by atoms with E-state index in [9.17, 15) is 4.39 Å². The Morgan fingerprint density at radius 3 is 2.80 bits per heavy atom. The Balaban J connectivity index is 1.36. The van der Waals surface area contributed by atoms with Crippen LogP contribution in [-0.4, -0.2) is 33.8 Å². The van der Waals surface area contributed by atoms with E-state index in [-0.39, 0.29) is 11.9 Å². The maximum Gasteiger partial charge on any atom is 0.187 e. The van der Waals surface area contributed by atoms with Gasteiger partial charge in [-0.15, -0.1) is 0 Å². The minimum absolute atomic E-state index is 0.00854. The monoisotopic (exact) mass is 446 g/mol. The van der Waals surface area contributed by atoms with Crippen LogP contribution in [0.15, 0.2) is 67.3 Å². The topological polar surface area (TPSA) is 36.3 Å². The number of thioether (sulfide) groups is 1. The molecule has 4 nitrogen and oxygen atoms in total. The average molecular weight is 447 g/mol. The van der Waals surface area contributed by atoms with Crippen molar-refractivity contribution in [1.82, 2.24) is 9.55 Å². The fourth-order valence-corrected chi connectivity index (χ4v) is 4.85. The Hall–Kier alpha value is -1.86. The van der Waals surface area contributed by atoms with Crippen LogP contribution in [0.1, 0.15) is 17.5 Å². The smallest absolute Gasteiger partial charge is 0.187 e. The first-order valence-corrected chi connectivity index (χ1v) is 11.5. The Bertz CT molecular complexity index is 939. The number of rotatable bonds is 9. The van der Waals surface area contributed by atoms with Gasteiger partial charge in [-0.2, -0.15) is 11.8 Å². The van der Waals surface area contributed by atoms with E-state index in [4.69, 9.17) is 21.1 Å². The van der Waals surface area contributed by atoms with E-state index >= 15 is 0 Å². The molecular formula is C23H24ClFN2O2S. The van der Waals surface area contributed by atoms with E-state index in [1.54, 1.807) is 24.3 Å². The maximum atomic E-state index is 13.2. The number of aryl methyl sites for hydroxylation is 1. The van der Waals surface area contributed by atoms with Crippen molar-refractivity contribution in [3.8, 4) is 0 Å². The molecule has 1 aromatic heterocycles.